The molecule has 22 heavy (non-hydrogen) atoms. The SMILES string of the molecule is Cc1nc(-c2cccc(NC(=O)CC3(N)CCSC3)c2)n[nH]1. The molecule has 0 saturated carbocycles. The van der Waals surface area contributed by atoms with Crippen LogP contribution < -0.4 is 11.1 Å². The van der Waals surface area contributed by atoms with Gasteiger partial charge in [0.25, 0.3) is 0 Å². The van der Waals surface area contributed by atoms with Crippen LogP contribution in [0.1, 0.15) is 18.7 Å². The molecule has 1 atom stereocenters. The predicted octanol–water partition coefficient (Wildman–Crippen LogP) is 1.94. The number of rotatable bonds is 4. The fourth-order valence-electron chi connectivity index (χ4n) is 2.50. The third kappa shape index (κ3) is 3.48. The maximum atomic E-state index is 12.2. The highest BCUT2D eigenvalue weighted by atomic mass is 32.2. The molecule has 1 amide bonds. The van der Waals surface area contributed by atoms with E-state index < -0.39 is 0 Å². The van der Waals surface area contributed by atoms with Crippen LogP contribution in [0.25, 0.3) is 11.4 Å². The smallest absolute Gasteiger partial charge is 0.226 e. The molecule has 1 aliphatic heterocycles. The molecule has 1 unspecified atom stereocenters. The summed E-state index contributed by atoms with van der Waals surface area (Å²) in [5.41, 5.74) is 7.46. The van der Waals surface area contributed by atoms with Crippen LogP contribution >= 0.6 is 11.8 Å². The molecule has 0 spiro atoms. The first-order valence-corrected chi connectivity index (χ1v) is 8.35. The number of benzene rings is 1. The average Bonchev–Trinajstić information content (AvgIpc) is 3.08. The summed E-state index contributed by atoms with van der Waals surface area (Å²) in [5, 5.41) is 9.86. The van der Waals surface area contributed by atoms with Crippen LogP contribution in [0, 0.1) is 6.92 Å². The van der Waals surface area contributed by atoms with Crippen molar-refractivity contribution in [2.75, 3.05) is 16.8 Å². The van der Waals surface area contributed by atoms with Crippen LogP contribution in [0.3, 0.4) is 0 Å². The fraction of sp³-hybridized carbons (Fsp3) is 0.400. The van der Waals surface area contributed by atoms with Crippen molar-refractivity contribution in [1.82, 2.24) is 15.2 Å². The Hall–Kier alpha value is -1.86. The zero-order valence-electron chi connectivity index (χ0n) is 12.4. The molecule has 0 aliphatic carbocycles. The van der Waals surface area contributed by atoms with E-state index in [1.165, 1.54) is 0 Å². The van der Waals surface area contributed by atoms with Gasteiger partial charge in [-0.15, -0.1) is 0 Å². The molecule has 1 aromatic heterocycles. The van der Waals surface area contributed by atoms with Gasteiger partial charge in [-0.25, -0.2) is 4.98 Å². The van der Waals surface area contributed by atoms with Crippen LogP contribution in [-0.4, -0.2) is 38.1 Å². The molecular weight excluding hydrogens is 298 g/mol. The van der Waals surface area contributed by atoms with Crippen molar-refractivity contribution in [3.63, 3.8) is 0 Å². The topological polar surface area (TPSA) is 96.7 Å². The Kier molecular flexibility index (Phi) is 4.17. The zero-order valence-corrected chi connectivity index (χ0v) is 13.2. The first-order valence-electron chi connectivity index (χ1n) is 7.20. The number of aromatic amines is 1. The highest BCUT2D eigenvalue weighted by Gasteiger charge is 2.32. The number of hydrogen-bond donors (Lipinski definition) is 3. The van der Waals surface area contributed by atoms with Crippen molar-refractivity contribution in [2.24, 2.45) is 5.73 Å². The minimum absolute atomic E-state index is 0.0479. The van der Waals surface area contributed by atoms with E-state index in [0.29, 0.717) is 12.2 Å². The summed E-state index contributed by atoms with van der Waals surface area (Å²) in [5.74, 6) is 3.21. The molecule has 116 valence electrons. The number of nitrogens with one attached hydrogen (secondary N) is 2. The number of anilines is 1. The quantitative estimate of drug-likeness (QED) is 0.801. The molecular formula is C15H19N5OS. The van der Waals surface area contributed by atoms with Crippen LogP contribution in [-0.2, 0) is 4.79 Å². The average molecular weight is 317 g/mol. The molecule has 6 nitrogen and oxygen atoms in total. The van der Waals surface area contributed by atoms with Crippen molar-refractivity contribution >= 4 is 23.4 Å². The van der Waals surface area contributed by atoms with Gasteiger partial charge in [-0.1, -0.05) is 12.1 Å². The second-order valence-corrected chi connectivity index (χ2v) is 6.82. The van der Waals surface area contributed by atoms with Crippen molar-refractivity contribution in [2.45, 2.75) is 25.3 Å². The van der Waals surface area contributed by atoms with Gasteiger partial charge in [0.05, 0.1) is 0 Å². The highest BCUT2D eigenvalue weighted by molar-refractivity contribution is 7.99. The van der Waals surface area contributed by atoms with E-state index in [9.17, 15) is 4.79 Å². The lowest BCUT2D eigenvalue weighted by atomic mass is 9.95. The van der Waals surface area contributed by atoms with E-state index in [2.05, 4.69) is 20.5 Å². The number of carbonyl (C=O) groups excluding carboxylic acids is 1. The molecule has 1 fully saturated rings. The first kappa shape index (κ1) is 15.1. The molecule has 0 bridgehead atoms. The van der Waals surface area contributed by atoms with Crippen LogP contribution in [0.15, 0.2) is 24.3 Å². The molecule has 1 aromatic carbocycles. The molecule has 7 heteroatoms. The lowest BCUT2D eigenvalue weighted by Crippen LogP contribution is -2.43. The van der Waals surface area contributed by atoms with Crippen LogP contribution in [0.5, 0.6) is 0 Å². The monoisotopic (exact) mass is 317 g/mol. The van der Waals surface area contributed by atoms with Crippen molar-refractivity contribution in [3.8, 4) is 11.4 Å². The summed E-state index contributed by atoms with van der Waals surface area (Å²) in [7, 11) is 0. The Bertz CT molecular complexity index is 678. The number of carbonyl (C=O) groups is 1. The number of nitrogens with zero attached hydrogens (tertiary/aromatic N) is 2. The van der Waals surface area contributed by atoms with E-state index in [0.717, 1.165) is 35.0 Å². The summed E-state index contributed by atoms with van der Waals surface area (Å²) in [6, 6.07) is 7.51. The van der Waals surface area contributed by atoms with Gasteiger partial charge in [0.2, 0.25) is 5.91 Å². The van der Waals surface area contributed by atoms with Gasteiger partial charge in [-0.2, -0.15) is 16.9 Å². The third-order valence-corrected chi connectivity index (χ3v) is 4.92. The van der Waals surface area contributed by atoms with E-state index >= 15 is 0 Å². The van der Waals surface area contributed by atoms with Gasteiger partial charge < -0.3 is 11.1 Å². The third-order valence-electron chi connectivity index (χ3n) is 3.65. The van der Waals surface area contributed by atoms with Crippen LogP contribution in [0.2, 0.25) is 0 Å². The molecule has 2 aromatic rings. The van der Waals surface area contributed by atoms with Crippen molar-refractivity contribution < 1.29 is 4.79 Å². The first-order chi connectivity index (χ1) is 10.5. The largest absolute Gasteiger partial charge is 0.326 e. The molecule has 3 rings (SSSR count). The summed E-state index contributed by atoms with van der Waals surface area (Å²) < 4.78 is 0. The van der Waals surface area contributed by atoms with Gasteiger partial charge in [-0.05, 0) is 31.2 Å². The minimum atomic E-state index is -0.368. The zero-order chi connectivity index (χ0) is 15.6. The van der Waals surface area contributed by atoms with Crippen molar-refractivity contribution in [3.05, 3.63) is 30.1 Å². The summed E-state index contributed by atoms with van der Waals surface area (Å²) >= 11 is 1.81. The number of aryl methyl sites for hydroxylation is 1. The molecule has 0 radical (unpaired) electrons. The lowest BCUT2D eigenvalue weighted by Gasteiger charge is -2.21. The lowest BCUT2D eigenvalue weighted by molar-refractivity contribution is -0.117. The Morgan fingerprint density at radius 1 is 1.55 bits per heavy atom. The molecule has 2 heterocycles. The van der Waals surface area contributed by atoms with Gasteiger partial charge >= 0.3 is 0 Å². The fourth-order valence-corrected chi connectivity index (χ4v) is 3.84. The number of amides is 1. The van der Waals surface area contributed by atoms with Gasteiger partial charge in [0.15, 0.2) is 5.82 Å². The Balaban J connectivity index is 1.69. The van der Waals surface area contributed by atoms with Gasteiger partial charge in [0, 0.05) is 29.0 Å². The summed E-state index contributed by atoms with van der Waals surface area (Å²) in [4.78, 5) is 16.5. The molecule has 1 aliphatic rings. The minimum Gasteiger partial charge on any atom is -0.326 e. The van der Waals surface area contributed by atoms with Gasteiger partial charge in [-0.3, -0.25) is 9.89 Å². The van der Waals surface area contributed by atoms with Crippen LogP contribution in [0.4, 0.5) is 5.69 Å². The maximum Gasteiger partial charge on any atom is 0.226 e. The number of H-pyrrole nitrogens is 1. The summed E-state index contributed by atoms with van der Waals surface area (Å²) in [6.07, 6.45) is 1.24. The Morgan fingerprint density at radius 3 is 3.09 bits per heavy atom. The highest BCUT2D eigenvalue weighted by Crippen LogP contribution is 2.29. The number of thioether (sulfide) groups is 1. The Labute approximate surface area is 133 Å². The number of aromatic nitrogens is 3. The van der Waals surface area contributed by atoms with E-state index in [1.54, 1.807) is 11.8 Å². The number of hydrogen-bond acceptors (Lipinski definition) is 5. The second kappa shape index (κ2) is 6.10. The molecule has 1 saturated heterocycles. The standard InChI is InChI=1S/C15H19N5OS/c1-10-17-14(20-19-10)11-3-2-4-12(7-11)18-13(21)8-15(16)5-6-22-9-15/h2-4,7H,5-6,8-9,16H2,1H3,(H,18,21)(H,17,19,20). The summed E-state index contributed by atoms with van der Waals surface area (Å²) in [6.45, 7) is 1.85. The predicted molar refractivity (Wildman–Crippen MR) is 88.7 cm³/mol. The maximum absolute atomic E-state index is 12.2. The second-order valence-electron chi connectivity index (χ2n) is 5.72. The van der Waals surface area contributed by atoms with E-state index in [1.807, 2.05) is 31.2 Å². The van der Waals surface area contributed by atoms with Gasteiger partial charge in [0.1, 0.15) is 5.82 Å². The van der Waals surface area contributed by atoms with E-state index in [4.69, 9.17) is 5.73 Å². The normalized spacial score (nSPS) is 21.0. The number of nitrogens with two attached hydrogens (primary N) is 1. The van der Waals surface area contributed by atoms with E-state index in [-0.39, 0.29) is 11.4 Å². The Morgan fingerprint density at radius 2 is 2.41 bits per heavy atom. The molecule has 4 N–H and O–H groups in total. The van der Waals surface area contributed by atoms with Crippen molar-refractivity contribution in [1.29, 1.82) is 0 Å².